The van der Waals surface area contributed by atoms with E-state index in [4.69, 9.17) is 5.73 Å². The number of hydrogen-bond donors (Lipinski definition) is 1. The third-order valence-electron chi connectivity index (χ3n) is 2.54. The second-order valence-corrected chi connectivity index (χ2v) is 4.41. The van der Waals surface area contributed by atoms with Crippen molar-refractivity contribution in [2.24, 2.45) is 16.1 Å². The average Bonchev–Trinajstić information content (AvgIpc) is 2.82. The van der Waals surface area contributed by atoms with Gasteiger partial charge in [-0.25, -0.2) is 9.07 Å². The lowest BCUT2D eigenvalue weighted by molar-refractivity contribution is 0.0996. The number of aromatic nitrogens is 3. The van der Waals surface area contributed by atoms with Crippen molar-refractivity contribution in [2.75, 3.05) is 14.1 Å². The van der Waals surface area contributed by atoms with E-state index in [1.165, 1.54) is 15.8 Å². The third-order valence-corrected chi connectivity index (χ3v) is 2.54. The first kappa shape index (κ1) is 14.6. The van der Waals surface area contributed by atoms with Crippen LogP contribution in [0.3, 0.4) is 0 Å². The minimum Gasteiger partial charge on any atom is -0.364 e. The van der Waals surface area contributed by atoms with Gasteiger partial charge in [-0.3, -0.25) is 9.80 Å². The van der Waals surface area contributed by atoms with Gasteiger partial charge in [0.1, 0.15) is 5.82 Å². The molecule has 0 bridgehead atoms. The van der Waals surface area contributed by atoms with Crippen LogP contribution in [0.4, 0.5) is 10.2 Å². The molecular formula is C12H14FN7O. The molecule has 1 amide bonds. The Morgan fingerprint density at radius 3 is 2.76 bits per heavy atom. The van der Waals surface area contributed by atoms with E-state index >= 15 is 0 Å². The zero-order chi connectivity index (χ0) is 15.4. The van der Waals surface area contributed by atoms with E-state index in [-0.39, 0.29) is 23.9 Å². The van der Waals surface area contributed by atoms with Crippen LogP contribution in [0.1, 0.15) is 16.1 Å². The first-order chi connectivity index (χ1) is 9.99. The number of hydrogen-bond acceptors (Lipinski definition) is 5. The second-order valence-electron chi connectivity index (χ2n) is 4.41. The molecule has 2 rings (SSSR count). The first-order valence-corrected chi connectivity index (χ1v) is 6.04. The van der Waals surface area contributed by atoms with E-state index in [1.54, 1.807) is 32.3 Å². The molecule has 0 saturated carbocycles. The SMILES string of the molecule is CN(C)/N=N/c1c(C(N)=O)nnn1Cc1ccccc1F. The Morgan fingerprint density at radius 2 is 2.14 bits per heavy atom. The fourth-order valence-corrected chi connectivity index (χ4v) is 1.59. The Bertz CT molecular complexity index is 680. The topological polar surface area (TPSA) is 102 Å². The molecule has 1 aromatic carbocycles. The number of nitrogens with zero attached hydrogens (tertiary/aromatic N) is 6. The van der Waals surface area contributed by atoms with Crippen LogP contribution in [0.15, 0.2) is 34.6 Å². The highest BCUT2D eigenvalue weighted by Crippen LogP contribution is 2.19. The summed E-state index contributed by atoms with van der Waals surface area (Å²) in [6.07, 6.45) is 0. The smallest absolute Gasteiger partial charge is 0.273 e. The summed E-state index contributed by atoms with van der Waals surface area (Å²) in [6.45, 7) is 0.0642. The fourth-order valence-electron chi connectivity index (χ4n) is 1.59. The van der Waals surface area contributed by atoms with Gasteiger partial charge < -0.3 is 5.73 Å². The number of carbonyl (C=O) groups is 1. The van der Waals surface area contributed by atoms with Gasteiger partial charge in [0.15, 0.2) is 5.69 Å². The maximum absolute atomic E-state index is 13.7. The van der Waals surface area contributed by atoms with Gasteiger partial charge in [0.25, 0.3) is 5.91 Å². The minimum atomic E-state index is -0.775. The number of primary amides is 1. The van der Waals surface area contributed by atoms with Gasteiger partial charge in [-0.1, -0.05) is 28.6 Å². The summed E-state index contributed by atoms with van der Waals surface area (Å²) in [7, 11) is 3.33. The highest BCUT2D eigenvalue weighted by atomic mass is 19.1. The molecule has 0 radical (unpaired) electrons. The summed E-state index contributed by atoms with van der Waals surface area (Å²) >= 11 is 0. The third kappa shape index (κ3) is 3.38. The maximum Gasteiger partial charge on any atom is 0.273 e. The quantitative estimate of drug-likeness (QED) is 0.658. The molecule has 0 aliphatic heterocycles. The van der Waals surface area contributed by atoms with Crippen molar-refractivity contribution in [1.29, 1.82) is 0 Å². The summed E-state index contributed by atoms with van der Waals surface area (Å²) in [6, 6.07) is 6.23. The van der Waals surface area contributed by atoms with Crippen molar-refractivity contribution in [3.63, 3.8) is 0 Å². The van der Waals surface area contributed by atoms with Crippen molar-refractivity contribution >= 4 is 11.7 Å². The summed E-state index contributed by atoms with van der Waals surface area (Å²) < 4.78 is 14.9. The number of nitrogens with two attached hydrogens (primary N) is 1. The van der Waals surface area contributed by atoms with Crippen LogP contribution >= 0.6 is 0 Å². The van der Waals surface area contributed by atoms with Gasteiger partial charge >= 0.3 is 0 Å². The lowest BCUT2D eigenvalue weighted by Gasteiger charge is -2.05. The lowest BCUT2D eigenvalue weighted by atomic mass is 10.2. The van der Waals surface area contributed by atoms with E-state index in [1.807, 2.05) is 0 Å². The van der Waals surface area contributed by atoms with E-state index in [9.17, 15) is 9.18 Å². The van der Waals surface area contributed by atoms with Crippen molar-refractivity contribution in [3.05, 3.63) is 41.3 Å². The van der Waals surface area contributed by atoms with Crippen molar-refractivity contribution in [3.8, 4) is 0 Å². The molecule has 1 heterocycles. The number of carbonyl (C=O) groups excluding carboxylic acids is 1. The largest absolute Gasteiger partial charge is 0.364 e. The normalized spacial score (nSPS) is 11.0. The summed E-state index contributed by atoms with van der Waals surface area (Å²) in [4.78, 5) is 11.3. The molecule has 21 heavy (non-hydrogen) atoms. The molecule has 2 N–H and O–H groups in total. The predicted molar refractivity (Wildman–Crippen MR) is 72.2 cm³/mol. The van der Waals surface area contributed by atoms with Gasteiger partial charge in [-0.2, -0.15) is 0 Å². The van der Waals surface area contributed by atoms with Crippen molar-refractivity contribution in [1.82, 2.24) is 20.0 Å². The zero-order valence-corrected chi connectivity index (χ0v) is 11.6. The highest BCUT2D eigenvalue weighted by molar-refractivity contribution is 5.94. The number of benzene rings is 1. The van der Waals surface area contributed by atoms with Crippen LogP contribution in [0, 0.1) is 5.82 Å². The first-order valence-electron chi connectivity index (χ1n) is 6.04. The summed E-state index contributed by atoms with van der Waals surface area (Å²) in [5.74, 6) is -1.08. The van der Waals surface area contributed by atoms with Gasteiger partial charge in [-0.05, 0) is 6.07 Å². The molecule has 2 aromatic rings. The van der Waals surface area contributed by atoms with E-state index < -0.39 is 5.91 Å². The molecule has 0 aliphatic carbocycles. The molecule has 0 spiro atoms. The maximum atomic E-state index is 13.7. The molecule has 0 atom stereocenters. The molecular weight excluding hydrogens is 277 g/mol. The highest BCUT2D eigenvalue weighted by Gasteiger charge is 2.18. The van der Waals surface area contributed by atoms with Crippen LogP contribution in [0.2, 0.25) is 0 Å². The summed E-state index contributed by atoms with van der Waals surface area (Å²) in [5.41, 5.74) is 5.49. The monoisotopic (exact) mass is 291 g/mol. The van der Waals surface area contributed by atoms with Gasteiger partial charge in [0.2, 0.25) is 5.82 Å². The van der Waals surface area contributed by atoms with Crippen LogP contribution < -0.4 is 5.73 Å². The standard InChI is InChI=1S/C12H14FN7O/c1-19(2)17-16-12-10(11(14)21)15-18-20(12)7-8-5-3-4-6-9(8)13/h3-6H,7H2,1-2H3,(H2,14,21)/b17-16+. The number of amides is 1. The van der Waals surface area contributed by atoms with Crippen LogP contribution in [0.25, 0.3) is 0 Å². The number of halogens is 1. The van der Waals surface area contributed by atoms with Gasteiger partial charge in [0.05, 0.1) is 6.54 Å². The summed E-state index contributed by atoms with van der Waals surface area (Å²) in [5, 5.41) is 16.5. The fraction of sp³-hybridized carbons (Fsp3) is 0.250. The Labute approximate surface area is 120 Å². The molecule has 110 valence electrons. The molecule has 1 aromatic heterocycles. The average molecular weight is 291 g/mol. The van der Waals surface area contributed by atoms with Crippen molar-refractivity contribution < 1.29 is 9.18 Å². The molecule has 9 heteroatoms. The van der Waals surface area contributed by atoms with Crippen LogP contribution in [0.5, 0.6) is 0 Å². The van der Waals surface area contributed by atoms with Crippen LogP contribution in [-0.4, -0.2) is 40.0 Å². The van der Waals surface area contributed by atoms with E-state index in [2.05, 4.69) is 20.6 Å². The second kappa shape index (κ2) is 6.07. The van der Waals surface area contributed by atoms with Gasteiger partial charge in [-0.15, -0.1) is 10.2 Å². The Balaban J connectivity index is 2.40. The van der Waals surface area contributed by atoms with Gasteiger partial charge in [0, 0.05) is 19.7 Å². The molecule has 8 nitrogen and oxygen atoms in total. The number of rotatable bonds is 5. The Morgan fingerprint density at radius 1 is 1.43 bits per heavy atom. The Hall–Kier alpha value is -2.84. The van der Waals surface area contributed by atoms with E-state index in [0.29, 0.717) is 5.56 Å². The van der Waals surface area contributed by atoms with Crippen LogP contribution in [-0.2, 0) is 6.54 Å². The molecule has 0 unspecified atom stereocenters. The molecule has 0 fully saturated rings. The van der Waals surface area contributed by atoms with E-state index in [0.717, 1.165) is 0 Å². The lowest BCUT2D eigenvalue weighted by Crippen LogP contribution is -2.12. The minimum absolute atomic E-state index is 0.0642. The zero-order valence-electron chi connectivity index (χ0n) is 11.6. The molecule has 0 aliphatic rings. The molecule has 0 saturated heterocycles. The predicted octanol–water partition coefficient (Wildman–Crippen LogP) is 1.12. The Kier molecular flexibility index (Phi) is 4.21. The van der Waals surface area contributed by atoms with Crippen molar-refractivity contribution in [2.45, 2.75) is 6.54 Å².